The molecule has 5 heteroatoms. The van der Waals surface area contributed by atoms with E-state index in [4.69, 9.17) is 4.74 Å². The zero-order valence-corrected chi connectivity index (χ0v) is 11.6. The Morgan fingerprint density at radius 1 is 1.43 bits per heavy atom. The molecule has 0 aromatic carbocycles. The van der Waals surface area contributed by atoms with Crippen LogP contribution < -0.4 is 0 Å². The van der Waals surface area contributed by atoms with Crippen LogP contribution in [0.5, 0.6) is 0 Å². The molecular formula is C9H15Br2NO2. The monoisotopic (exact) mass is 327 g/mol. The summed E-state index contributed by atoms with van der Waals surface area (Å²) in [4.78, 5) is 13.6. The van der Waals surface area contributed by atoms with E-state index in [0.29, 0.717) is 0 Å². The Hall–Kier alpha value is 0.390. The van der Waals surface area contributed by atoms with Crippen molar-refractivity contribution in [2.45, 2.75) is 29.1 Å². The van der Waals surface area contributed by atoms with Crippen molar-refractivity contribution in [1.29, 1.82) is 0 Å². The number of nitrogens with zero attached hydrogens (tertiary/aromatic N) is 1. The van der Waals surface area contributed by atoms with Crippen molar-refractivity contribution in [2.24, 2.45) is 0 Å². The van der Waals surface area contributed by atoms with Crippen molar-refractivity contribution < 1.29 is 9.53 Å². The number of piperidine rings is 1. The molecule has 0 unspecified atom stereocenters. The van der Waals surface area contributed by atoms with Gasteiger partial charge in [-0.15, -0.1) is 0 Å². The topological polar surface area (TPSA) is 29.5 Å². The zero-order valence-electron chi connectivity index (χ0n) is 8.43. The molecule has 0 atom stereocenters. The van der Waals surface area contributed by atoms with E-state index < -0.39 is 3.74 Å². The molecule has 0 bridgehead atoms. The van der Waals surface area contributed by atoms with Gasteiger partial charge in [0.25, 0.3) is 0 Å². The number of alkyl halides is 2. The summed E-state index contributed by atoms with van der Waals surface area (Å²) in [5, 5.41) is 0. The van der Waals surface area contributed by atoms with Crippen LogP contribution in [0.15, 0.2) is 0 Å². The zero-order chi connectivity index (χ0) is 10.8. The smallest absolute Gasteiger partial charge is 0.331 e. The molecule has 0 amide bonds. The molecule has 0 aromatic heterocycles. The van der Waals surface area contributed by atoms with Crippen LogP contribution in [0.2, 0.25) is 0 Å². The maximum Gasteiger partial charge on any atom is 0.331 e. The fourth-order valence-electron chi connectivity index (χ4n) is 1.48. The lowest BCUT2D eigenvalue weighted by molar-refractivity contribution is -0.159. The molecule has 1 aliphatic rings. The minimum Gasteiger partial charge on any atom is -0.458 e. The Morgan fingerprint density at radius 3 is 2.36 bits per heavy atom. The van der Waals surface area contributed by atoms with Gasteiger partial charge in [0.05, 0.1) is 0 Å². The maximum absolute atomic E-state index is 11.4. The second-order valence-electron chi connectivity index (χ2n) is 3.97. The molecule has 0 aromatic rings. The van der Waals surface area contributed by atoms with E-state index in [1.54, 1.807) is 0 Å². The minimum atomic E-state index is -0.397. The highest BCUT2D eigenvalue weighted by atomic mass is 79.9. The number of esters is 1. The van der Waals surface area contributed by atoms with Crippen LogP contribution in [-0.4, -0.2) is 40.3 Å². The molecule has 0 N–H and O–H groups in total. The van der Waals surface area contributed by atoms with Gasteiger partial charge in [-0.05, 0) is 26.8 Å². The third kappa shape index (κ3) is 3.51. The van der Waals surface area contributed by atoms with Crippen molar-refractivity contribution in [1.82, 2.24) is 4.90 Å². The molecule has 1 aliphatic heterocycles. The maximum atomic E-state index is 11.4. The predicted molar refractivity (Wildman–Crippen MR) is 62.9 cm³/mol. The van der Waals surface area contributed by atoms with Crippen LogP contribution in [0.4, 0.5) is 0 Å². The van der Waals surface area contributed by atoms with Crippen LogP contribution in [-0.2, 0) is 9.53 Å². The third-order valence-electron chi connectivity index (χ3n) is 2.57. The number of carbonyl (C=O) groups is 1. The standard InChI is InChI=1S/C9H15Br2NO2/c1-9(14-8(13)7(10)11)3-5-12(2)6-4-9/h7H,3-6H2,1-2H3. The first-order chi connectivity index (χ1) is 6.43. The normalized spacial score (nSPS) is 22.4. The first kappa shape index (κ1) is 12.5. The predicted octanol–water partition coefficient (Wildman–Crippen LogP) is 2.13. The molecule has 1 heterocycles. The highest BCUT2D eigenvalue weighted by molar-refractivity contribution is 9.25. The van der Waals surface area contributed by atoms with Gasteiger partial charge in [0, 0.05) is 13.1 Å². The number of hydrogen-bond donors (Lipinski definition) is 0. The van der Waals surface area contributed by atoms with Gasteiger partial charge in [-0.1, -0.05) is 31.9 Å². The molecule has 1 fully saturated rings. The number of ether oxygens (including phenoxy) is 1. The van der Waals surface area contributed by atoms with Crippen LogP contribution in [0.1, 0.15) is 19.8 Å². The van der Waals surface area contributed by atoms with Crippen LogP contribution >= 0.6 is 31.9 Å². The van der Waals surface area contributed by atoms with E-state index in [2.05, 4.69) is 43.8 Å². The first-order valence-corrected chi connectivity index (χ1v) is 6.46. The first-order valence-electron chi connectivity index (χ1n) is 4.62. The largest absolute Gasteiger partial charge is 0.458 e. The van der Waals surface area contributed by atoms with Gasteiger partial charge < -0.3 is 9.64 Å². The van der Waals surface area contributed by atoms with E-state index in [9.17, 15) is 4.79 Å². The summed E-state index contributed by atoms with van der Waals surface area (Å²) in [5.41, 5.74) is -0.288. The van der Waals surface area contributed by atoms with Crippen molar-refractivity contribution in [3.8, 4) is 0 Å². The summed E-state index contributed by atoms with van der Waals surface area (Å²) < 4.78 is 5.03. The van der Waals surface area contributed by atoms with Crippen LogP contribution in [0.3, 0.4) is 0 Å². The second-order valence-corrected chi connectivity index (χ2v) is 7.04. The Balaban J connectivity index is 2.46. The Morgan fingerprint density at radius 2 is 1.93 bits per heavy atom. The molecule has 14 heavy (non-hydrogen) atoms. The van der Waals surface area contributed by atoms with E-state index >= 15 is 0 Å². The van der Waals surface area contributed by atoms with Gasteiger partial charge in [-0.3, -0.25) is 0 Å². The lowest BCUT2D eigenvalue weighted by Gasteiger charge is -2.37. The Bertz CT molecular complexity index is 213. The molecule has 0 radical (unpaired) electrons. The summed E-state index contributed by atoms with van der Waals surface area (Å²) in [7, 11) is 2.08. The van der Waals surface area contributed by atoms with E-state index in [1.807, 2.05) is 6.92 Å². The van der Waals surface area contributed by atoms with Gasteiger partial charge in [-0.25, -0.2) is 4.79 Å². The van der Waals surface area contributed by atoms with Crippen LogP contribution in [0, 0.1) is 0 Å². The van der Waals surface area contributed by atoms with E-state index in [0.717, 1.165) is 25.9 Å². The molecule has 0 aliphatic carbocycles. The highest BCUT2D eigenvalue weighted by Gasteiger charge is 2.33. The number of carbonyl (C=O) groups excluding carboxylic acids is 1. The summed E-state index contributed by atoms with van der Waals surface area (Å²) in [5.74, 6) is -0.239. The lowest BCUT2D eigenvalue weighted by atomic mass is 9.94. The molecular weight excluding hydrogens is 314 g/mol. The number of rotatable bonds is 2. The van der Waals surface area contributed by atoms with Crippen molar-refractivity contribution >= 4 is 37.8 Å². The van der Waals surface area contributed by atoms with Crippen molar-refractivity contribution in [3.05, 3.63) is 0 Å². The molecule has 0 saturated carbocycles. The molecule has 1 rings (SSSR count). The van der Waals surface area contributed by atoms with Crippen molar-refractivity contribution in [2.75, 3.05) is 20.1 Å². The van der Waals surface area contributed by atoms with Gasteiger partial charge >= 0.3 is 5.97 Å². The van der Waals surface area contributed by atoms with Gasteiger partial charge in [0.15, 0.2) is 3.74 Å². The fraction of sp³-hybridized carbons (Fsp3) is 0.889. The van der Waals surface area contributed by atoms with E-state index in [-0.39, 0.29) is 11.6 Å². The van der Waals surface area contributed by atoms with Gasteiger partial charge in [-0.2, -0.15) is 0 Å². The molecule has 3 nitrogen and oxygen atoms in total. The Labute approximate surface area is 101 Å². The second kappa shape index (κ2) is 4.94. The highest BCUT2D eigenvalue weighted by Crippen LogP contribution is 2.27. The summed E-state index contributed by atoms with van der Waals surface area (Å²) >= 11 is 6.27. The van der Waals surface area contributed by atoms with Gasteiger partial charge in [0.2, 0.25) is 0 Å². The molecule has 0 spiro atoms. The summed E-state index contributed by atoms with van der Waals surface area (Å²) in [6.07, 6.45) is 1.81. The third-order valence-corrected chi connectivity index (χ3v) is 3.32. The summed E-state index contributed by atoms with van der Waals surface area (Å²) in [6, 6.07) is 0. The quantitative estimate of drug-likeness (QED) is 0.574. The fourth-order valence-corrected chi connectivity index (χ4v) is 1.67. The van der Waals surface area contributed by atoms with Gasteiger partial charge in [0.1, 0.15) is 5.60 Å². The minimum absolute atomic E-state index is 0.239. The number of halogens is 2. The lowest BCUT2D eigenvalue weighted by Crippen LogP contribution is -2.44. The molecule has 82 valence electrons. The summed E-state index contributed by atoms with van der Waals surface area (Å²) in [6.45, 7) is 3.97. The number of likely N-dealkylation sites (tertiary alicyclic amines) is 1. The SMILES string of the molecule is CN1CCC(C)(OC(=O)C(Br)Br)CC1. The van der Waals surface area contributed by atoms with E-state index in [1.165, 1.54) is 0 Å². The number of hydrogen-bond acceptors (Lipinski definition) is 3. The van der Waals surface area contributed by atoms with Crippen LogP contribution in [0.25, 0.3) is 0 Å². The molecule has 1 saturated heterocycles. The van der Waals surface area contributed by atoms with Crippen molar-refractivity contribution in [3.63, 3.8) is 0 Å². The average molecular weight is 329 g/mol. The Kier molecular flexibility index (Phi) is 4.40. The average Bonchev–Trinajstić information content (AvgIpc) is 2.10.